The third kappa shape index (κ3) is 19.0. The molecular formula is C21H42O8. The van der Waals surface area contributed by atoms with Crippen LogP contribution in [0.25, 0.3) is 0 Å². The highest BCUT2D eigenvalue weighted by atomic mass is 16.6. The number of aliphatic hydroxyl groups is 4. The van der Waals surface area contributed by atoms with Crippen molar-refractivity contribution in [3.8, 4) is 0 Å². The van der Waals surface area contributed by atoms with E-state index in [1.54, 1.807) is 0 Å². The van der Waals surface area contributed by atoms with Gasteiger partial charge in [0.2, 0.25) is 0 Å². The van der Waals surface area contributed by atoms with Crippen LogP contribution in [0.4, 0.5) is 0 Å². The van der Waals surface area contributed by atoms with Crippen molar-refractivity contribution in [2.24, 2.45) is 0 Å². The van der Waals surface area contributed by atoms with E-state index in [9.17, 15) is 15.0 Å². The van der Waals surface area contributed by atoms with E-state index >= 15 is 0 Å². The molecule has 0 bridgehead atoms. The number of carbonyl (C=O) groups excluding carboxylic acids is 1. The smallest absolute Gasteiger partial charge is 0.305 e. The average Bonchev–Trinajstić information content (AvgIpc) is 2.73. The molecule has 0 unspecified atom stereocenters. The zero-order valence-electron chi connectivity index (χ0n) is 18.0. The predicted molar refractivity (Wildman–Crippen MR) is 110 cm³/mol. The lowest BCUT2D eigenvalue weighted by Gasteiger charge is -2.20. The number of aliphatic hydroxyl groups excluding tert-OH is 4. The summed E-state index contributed by atoms with van der Waals surface area (Å²) in [7, 11) is 0. The number of carbonyl (C=O) groups is 1. The second-order valence-corrected chi connectivity index (χ2v) is 7.43. The van der Waals surface area contributed by atoms with Crippen molar-refractivity contribution in [3.05, 3.63) is 0 Å². The summed E-state index contributed by atoms with van der Waals surface area (Å²) >= 11 is 0. The van der Waals surface area contributed by atoms with E-state index in [1.807, 2.05) is 0 Å². The van der Waals surface area contributed by atoms with Gasteiger partial charge in [0.05, 0.1) is 33.0 Å². The van der Waals surface area contributed by atoms with Crippen LogP contribution in [0, 0.1) is 0 Å². The van der Waals surface area contributed by atoms with E-state index < -0.39 is 31.5 Å². The fourth-order valence-electron chi connectivity index (χ4n) is 2.67. The summed E-state index contributed by atoms with van der Waals surface area (Å²) in [5.74, 6) is -0.306. The first-order chi connectivity index (χ1) is 14.0. The minimum atomic E-state index is -1.03. The quantitative estimate of drug-likeness (QED) is 0.162. The maximum atomic E-state index is 11.9. The number of rotatable bonds is 21. The molecule has 8 nitrogen and oxygen atoms in total. The molecule has 0 heterocycles. The lowest BCUT2D eigenvalue weighted by atomic mass is 10.1. The molecule has 0 amide bonds. The van der Waals surface area contributed by atoms with E-state index in [1.165, 1.54) is 38.5 Å². The fraction of sp³-hybridized carbons (Fsp3) is 0.952. The number of hydrogen-bond acceptors (Lipinski definition) is 8. The van der Waals surface area contributed by atoms with Crippen molar-refractivity contribution in [3.63, 3.8) is 0 Å². The second-order valence-electron chi connectivity index (χ2n) is 7.43. The molecule has 0 saturated heterocycles. The van der Waals surface area contributed by atoms with Crippen LogP contribution in [0.1, 0.15) is 71.1 Å². The van der Waals surface area contributed by atoms with Gasteiger partial charge >= 0.3 is 5.97 Å². The zero-order chi connectivity index (χ0) is 21.7. The Kier molecular flexibility index (Phi) is 20.0. The van der Waals surface area contributed by atoms with Crippen molar-refractivity contribution in [1.82, 2.24) is 0 Å². The van der Waals surface area contributed by atoms with Gasteiger partial charge in [-0.15, -0.1) is 0 Å². The molecular weight excluding hydrogens is 380 g/mol. The summed E-state index contributed by atoms with van der Waals surface area (Å²) in [6.07, 6.45) is 8.26. The van der Waals surface area contributed by atoms with Crippen LogP contribution in [0.5, 0.6) is 0 Å². The van der Waals surface area contributed by atoms with Gasteiger partial charge in [-0.2, -0.15) is 0 Å². The maximum absolute atomic E-state index is 11.9. The first kappa shape index (κ1) is 28.2. The van der Waals surface area contributed by atoms with Gasteiger partial charge in [-0.1, -0.05) is 58.3 Å². The van der Waals surface area contributed by atoms with Crippen molar-refractivity contribution < 1.29 is 39.4 Å². The van der Waals surface area contributed by atoms with E-state index in [-0.39, 0.29) is 32.4 Å². The van der Waals surface area contributed by atoms with Gasteiger partial charge in [0.25, 0.3) is 0 Å². The van der Waals surface area contributed by atoms with Gasteiger partial charge in [-0.25, -0.2) is 0 Å². The van der Waals surface area contributed by atoms with Crippen LogP contribution in [0.2, 0.25) is 0 Å². The van der Waals surface area contributed by atoms with Crippen LogP contribution in [0.15, 0.2) is 0 Å². The number of esters is 1. The van der Waals surface area contributed by atoms with Gasteiger partial charge in [-0.05, 0) is 6.42 Å². The standard InChI is InChI=1S/C21H42O8/c1-2-3-4-5-6-7-8-9-10-11-21(26)29-17-20(28-15-19(25)13-23)16-27-14-18(24)12-22/h18-20,22-25H,2-17H2,1H3/t18-,19+,20-/m0/s1. The maximum Gasteiger partial charge on any atom is 0.305 e. The highest BCUT2D eigenvalue weighted by Crippen LogP contribution is 2.11. The summed E-state index contributed by atoms with van der Waals surface area (Å²) in [4.78, 5) is 11.9. The Hall–Kier alpha value is -0.770. The van der Waals surface area contributed by atoms with Gasteiger partial charge in [0, 0.05) is 6.42 Å². The molecule has 0 aromatic rings. The molecule has 0 radical (unpaired) electrons. The molecule has 8 heteroatoms. The number of unbranched alkanes of at least 4 members (excludes halogenated alkanes) is 8. The minimum absolute atomic E-state index is 0.0283. The molecule has 0 spiro atoms. The summed E-state index contributed by atoms with van der Waals surface area (Å²) in [5, 5.41) is 36.3. The third-order valence-electron chi connectivity index (χ3n) is 4.47. The highest BCUT2D eigenvalue weighted by molar-refractivity contribution is 5.69. The van der Waals surface area contributed by atoms with Crippen LogP contribution in [-0.2, 0) is 19.0 Å². The lowest BCUT2D eigenvalue weighted by molar-refractivity contribution is -0.152. The molecule has 0 aliphatic heterocycles. The van der Waals surface area contributed by atoms with Crippen LogP contribution in [0.3, 0.4) is 0 Å². The van der Waals surface area contributed by atoms with E-state index in [0.717, 1.165) is 19.3 Å². The Morgan fingerprint density at radius 1 is 0.759 bits per heavy atom. The Morgan fingerprint density at radius 2 is 1.31 bits per heavy atom. The Labute approximate surface area is 175 Å². The van der Waals surface area contributed by atoms with Gasteiger partial charge in [-0.3, -0.25) is 4.79 Å². The first-order valence-electron chi connectivity index (χ1n) is 11.0. The van der Waals surface area contributed by atoms with Crippen LogP contribution in [-0.4, -0.2) is 84.3 Å². The van der Waals surface area contributed by atoms with Gasteiger partial charge in [0.15, 0.2) is 0 Å². The SMILES string of the molecule is CCCCCCCCCCCC(=O)OC[C@H](COC[C@@H](O)CO)OC[C@H](O)CO. The Balaban J connectivity index is 3.91. The number of ether oxygens (including phenoxy) is 3. The van der Waals surface area contributed by atoms with E-state index in [4.69, 9.17) is 24.4 Å². The Bertz CT molecular complexity index is 367. The van der Waals surface area contributed by atoms with Crippen molar-refractivity contribution in [2.75, 3.05) is 39.6 Å². The van der Waals surface area contributed by atoms with E-state index in [0.29, 0.717) is 6.42 Å². The monoisotopic (exact) mass is 422 g/mol. The van der Waals surface area contributed by atoms with Gasteiger partial charge in [0.1, 0.15) is 24.9 Å². The Morgan fingerprint density at radius 3 is 1.90 bits per heavy atom. The molecule has 29 heavy (non-hydrogen) atoms. The number of hydrogen-bond donors (Lipinski definition) is 4. The second kappa shape index (κ2) is 20.5. The molecule has 0 aliphatic carbocycles. The summed E-state index contributed by atoms with van der Waals surface area (Å²) in [5.41, 5.74) is 0. The topological polar surface area (TPSA) is 126 Å². The molecule has 0 aromatic carbocycles. The molecule has 0 aromatic heterocycles. The molecule has 0 aliphatic rings. The third-order valence-corrected chi connectivity index (χ3v) is 4.47. The molecule has 0 rings (SSSR count). The molecule has 0 saturated carbocycles. The highest BCUT2D eigenvalue weighted by Gasteiger charge is 2.16. The van der Waals surface area contributed by atoms with E-state index in [2.05, 4.69) is 6.92 Å². The largest absolute Gasteiger partial charge is 0.463 e. The summed E-state index contributed by atoms with van der Waals surface area (Å²) < 4.78 is 15.9. The molecule has 174 valence electrons. The minimum Gasteiger partial charge on any atom is -0.463 e. The van der Waals surface area contributed by atoms with Gasteiger partial charge < -0.3 is 34.6 Å². The zero-order valence-corrected chi connectivity index (χ0v) is 18.0. The van der Waals surface area contributed by atoms with Crippen molar-refractivity contribution >= 4 is 5.97 Å². The normalized spacial score (nSPS) is 14.5. The van der Waals surface area contributed by atoms with Crippen LogP contribution < -0.4 is 0 Å². The molecule has 0 fully saturated rings. The molecule has 4 N–H and O–H groups in total. The van der Waals surface area contributed by atoms with Crippen LogP contribution >= 0.6 is 0 Å². The predicted octanol–water partition coefficient (Wildman–Crippen LogP) is 1.56. The summed E-state index contributed by atoms with van der Waals surface area (Å²) in [6, 6.07) is 0. The molecule has 3 atom stereocenters. The average molecular weight is 423 g/mol. The first-order valence-corrected chi connectivity index (χ1v) is 11.0. The fourth-order valence-corrected chi connectivity index (χ4v) is 2.67. The summed E-state index contributed by atoms with van der Waals surface area (Å²) in [6.45, 7) is 1.15. The van der Waals surface area contributed by atoms with Crippen molar-refractivity contribution in [1.29, 1.82) is 0 Å². The van der Waals surface area contributed by atoms with Crippen molar-refractivity contribution in [2.45, 2.75) is 89.4 Å². The lowest BCUT2D eigenvalue weighted by Crippen LogP contribution is -2.33.